The number of hydrazine groups is 1. The van der Waals surface area contributed by atoms with E-state index in [-0.39, 0.29) is 24.4 Å². The molecule has 0 aliphatic rings. The number of aromatic amines is 1. The summed E-state index contributed by atoms with van der Waals surface area (Å²) in [4.78, 5) is 52.1. The number of carboxylic acid groups (broad SMARTS) is 1. The molecule has 0 bridgehead atoms. The molecule has 1 atom stereocenters. The second-order valence-electron chi connectivity index (χ2n) is 10.3. The van der Waals surface area contributed by atoms with E-state index in [1.165, 1.54) is 6.92 Å². The summed E-state index contributed by atoms with van der Waals surface area (Å²) >= 11 is 6.52. The van der Waals surface area contributed by atoms with Crippen LogP contribution in [0.1, 0.15) is 56.6 Å². The van der Waals surface area contributed by atoms with Crippen molar-refractivity contribution in [3.63, 3.8) is 0 Å². The first kappa shape index (κ1) is 32.8. The lowest BCUT2D eigenvalue weighted by Gasteiger charge is -2.14. The number of carbonyl (C=O) groups excluding carboxylic acids is 3. The Hall–Kier alpha value is -5.11. The molecule has 0 spiro atoms. The van der Waals surface area contributed by atoms with Gasteiger partial charge in [-0.25, -0.2) is 9.78 Å². The molecule has 0 radical (unpaired) electrons. The number of aromatic nitrogens is 6. The monoisotopic (exact) mass is 635 g/mol. The van der Waals surface area contributed by atoms with Crippen molar-refractivity contribution in [2.24, 2.45) is 0 Å². The molecule has 3 amide bonds. The average molecular weight is 636 g/mol. The zero-order valence-electron chi connectivity index (χ0n) is 24.8. The van der Waals surface area contributed by atoms with Crippen molar-refractivity contribution >= 4 is 35.3 Å². The number of aliphatic carboxylic acids is 1. The van der Waals surface area contributed by atoms with Crippen molar-refractivity contribution in [3.8, 4) is 22.5 Å². The van der Waals surface area contributed by atoms with E-state index in [0.717, 1.165) is 40.9 Å². The summed E-state index contributed by atoms with van der Waals surface area (Å²) in [6, 6.07) is 14.6. The van der Waals surface area contributed by atoms with Crippen LogP contribution in [0.4, 0.5) is 0 Å². The van der Waals surface area contributed by atoms with Crippen molar-refractivity contribution in [2.75, 3.05) is 0 Å². The second kappa shape index (κ2) is 15.6. The van der Waals surface area contributed by atoms with E-state index in [4.69, 9.17) is 11.6 Å². The SMILES string of the molecule is CCCCc1nc(Cl)c(CC(=O)NNC(=O)CCC(NC(C)=O)C(=O)O)n1Cc1ccc(-c2ccccc2-c2nn[nH]n2)cc1. The van der Waals surface area contributed by atoms with Gasteiger partial charge in [-0.2, -0.15) is 5.21 Å². The molecule has 2 aromatic heterocycles. The van der Waals surface area contributed by atoms with Crippen molar-refractivity contribution in [2.45, 2.75) is 65.0 Å². The van der Waals surface area contributed by atoms with E-state index in [0.29, 0.717) is 24.5 Å². The fraction of sp³-hybridized carbons (Fsp3) is 0.333. The van der Waals surface area contributed by atoms with Gasteiger partial charge in [0.1, 0.15) is 11.9 Å². The minimum Gasteiger partial charge on any atom is -0.480 e. The topological polar surface area (TPSA) is 197 Å². The third-order valence-corrected chi connectivity index (χ3v) is 7.28. The molecular formula is C30H34ClN9O5. The first-order chi connectivity index (χ1) is 21.7. The molecule has 4 aromatic rings. The number of amides is 3. The minimum atomic E-state index is -1.26. The Morgan fingerprint density at radius 2 is 1.73 bits per heavy atom. The molecule has 0 aliphatic carbocycles. The smallest absolute Gasteiger partial charge is 0.326 e. The first-order valence-corrected chi connectivity index (χ1v) is 14.8. The molecule has 4 rings (SSSR count). The Morgan fingerprint density at radius 3 is 2.38 bits per heavy atom. The molecule has 0 saturated heterocycles. The van der Waals surface area contributed by atoms with Gasteiger partial charge in [-0.3, -0.25) is 25.2 Å². The van der Waals surface area contributed by atoms with Crippen LogP contribution in [-0.2, 0) is 38.6 Å². The molecule has 1 unspecified atom stereocenters. The van der Waals surface area contributed by atoms with Gasteiger partial charge in [0.05, 0.1) is 12.1 Å². The molecule has 5 N–H and O–H groups in total. The third kappa shape index (κ3) is 8.95. The number of nitrogens with zero attached hydrogens (tertiary/aromatic N) is 5. The van der Waals surface area contributed by atoms with Gasteiger partial charge in [-0.05, 0) is 34.7 Å². The van der Waals surface area contributed by atoms with Gasteiger partial charge in [0, 0.05) is 31.9 Å². The van der Waals surface area contributed by atoms with Gasteiger partial charge in [0.25, 0.3) is 0 Å². The van der Waals surface area contributed by atoms with Crippen molar-refractivity contribution < 1.29 is 24.3 Å². The molecule has 45 heavy (non-hydrogen) atoms. The number of carbonyl (C=O) groups is 4. The summed E-state index contributed by atoms with van der Waals surface area (Å²) in [6.45, 7) is 3.68. The summed E-state index contributed by atoms with van der Waals surface area (Å²) < 4.78 is 1.92. The van der Waals surface area contributed by atoms with E-state index in [1.807, 2.05) is 53.1 Å². The van der Waals surface area contributed by atoms with Crippen LogP contribution in [0.25, 0.3) is 22.5 Å². The number of halogens is 1. The predicted octanol–water partition coefficient (Wildman–Crippen LogP) is 2.83. The number of rotatable bonds is 14. The largest absolute Gasteiger partial charge is 0.480 e. The summed E-state index contributed by atoms with van der Waals surface area (Å²) in [5.74, 6) is -1.67. The molecule has 2 aromatic carbocycles. The Balaban J connectivity index is 1.45. The normalized spacial score (nSPS) is 11.5. The van der Waals surface area contributed by atoms with Gasteiger partial charge in [-0.15, -0.1) is 10.2 Å². The predicted molar refractivity (Wildman–Crippen MR) is 164 cm³/mol. The lowest BCUT2D eigenvalue weighted by molar-refractivity contribution is -0.142. The lowest BCUT2D eigenvalue weighted by Crippen LogP contribution is -2.44. The number of carboxylic acids is 1. The maximum atomic E-state index is 12.8. The number of H-pyrrole nitrogens is 1. The second-order valence-corrected chi connectivity index (χ2v) is 10.7. The highest BCUT2D eigenvalue weighted by atomic mass is 35.5. The highest BCUT2D eigenvalue weighted by molar-refractivity contribution is 6.30. The Bertz CT molecular complexity index is 1640. The number of tetrazole rings is 1. The van der Waals surface area contributed by atoms with Gasteiger partial charge < -0.3 is 15.0 Å². The number of aryl methyl sites for hydroxylation is 1. The number of nitrogens with one attached hydrogen (secondary N) is 4. The molecule has 14 nitrogen and oxygen atoms in total. The highest BCUT2D eigenvalue weighted by Gasteiger charge is 2.21. The van der Waals surface area contributed by atoms with E-state index in [1.54, 1.807) is 0 Å². The summed E-state index contributed by atoms with van der Waals surface area (Å²) in [7, 11) is 0. The molecular weight excluding hydrogens is 602 g/mol. The summed E-state index contributed by atoms with van der Waals surface area (Å²) in [5, 5.41) is 26.0. The van der Waals surface area contributed by atoms with Crippen LogP contribution in [0.5, 0.6) is 0 Å². The van der Waals surface area contributed by atoms with Crippen LogP contribution >= 0.6 is 11.6 Å². The van der Waals surface area contributed by atoms with Crippen LogP contribution in [0.15, 0.2) is 48.5 Å². The van der Waals surface area contributed by atoms with Crippen molar-refractivity contribution in [1.29, 1.82) is 0 Å². The Morgan fingerprint density at radius 1 is 1.02 bits per heavy atom. The lowest BCUT2D eigenvalue weighted by atomic mass is 9.98. The molecule has 0 fully saturated rings. The van der Waals surface area contributed by atoms with Crippen LogP contribution in [-0.4, -0.2) is 65.0 Å². The fourth-order valence-corrected chi connectivity index (χ4v) is 5.01. The molecule has 0 saturated carbocycles. The number of benzene rings is 2. The maximum absolute atomic E-state index is 12.8. The quantitative estimate of drug-likeness (QED) is 0.129. The number of hydrogen-bond acceptors (Lipinski definition) is 8. The summed E-state index contributed by atoms with van der Waals surface area (Å²) in [6.07, 6.45) is 1.98. The van der Waals surface area contributed by atoms with Gasteiger partial charge in [0.15, 0.2) is 5.15 Å². The third-order valence-electron chi connectivity index (χ3n) is 6.98. The van der Waals surface area contributed by atoms with E-state index in [9.17, 15) is 24.3 Å². The summed E-state index contributed by atoms with van der Waals surface area (Å²) in [5.41, 5.74) is 8.86. The zero-order valence-corrected chi connectivity index (χ0v) is 25.6. The van der Waals surface area contributed by atoms with Crippen molar-refractivity contribution in [1.82, 2.24) is 46.3 Å². The van der Waals surface area contributed by atoms with Crippen LogP contribution in [0, 0.1) is 0 Å². The number of hydrogen-bond donors (Lipinski definition) is 5. The van der Waals surface area contributed by atoms with Crippen LogP contribution in [0.3, 0.4) is 0 Å². The molecule has 2 heterocycles. The van der Waals surface area contributed by atoms with Gasteiger partial charge in [-0.1, -0.05) is 73.5 Å². The van der Waals surface area contributed by atoms with Gasteiger partial charge in [0.2, 0.25) is 23.5 Å². The number of unbranched alkanes of at least 4 members (excludes halogenated alkanes) is 1. The maximum Gasteiger partial charge on any atom is 0.326 e. The molecule has 15 heteroatoms. The zero-order chi connectivity index (χ0) is 32.3. The first-order valence-electron chi connectivity index (χ1n) is 14.4. The van der Waals surface area contributed by atoms with Crippen LogP contribution < -0.4 is 16.2 Å². The van der Waals surface area contributed by atoms with Crippen molar-refractivity contribution in [3.05, 3.63) is 70.8 Å². The van der Waals surface area contributed by atoms with Crippen LogP contribution in [0.2, 0.25) is 5.15 Å². The number of imidazole rings is 1. The molecule has 0 aliphatic heterocycles. The Kier molecular flexibility index (Phi) is 11.3. The Labute approximate surface area is 263 Å². The minimum absolute atomic E-state index is 0.141. The van der Waals surface area contributed by atoms with E-state index >= 15 is 0 Å². The standard InChI is InChI=1S/C30H34ClN9O5/c1-3-4-9-25-33-28(31)24(16-27(43)35-34-26(42)15-14-23(30(44)45)32-18(2)41)40(25)17-19-10-12-20(13-11-19)21-7-5-6-8-22(21)29-36-38-39-37-29/h5-8,10-13,23H,3-4,9,14-17H2,1-2H3,(H,32,41)(H,34,42)(H,35,43)(H,44,45)(H,36,37,38,39). The van der Waals surface area contributed by atoms with E-state index < -0.39 is 29.7 Å². The average Bonchev–Trinajstić information content (AvgIpc) is 3.66. The van der Waals surface area contributed by atoms with Gasteiger partial charge >= 0.3 is 5.97 Å². The molecule has 236 valence electrons. The highest BCUT2D eigenvalue weighted by Crippen LogP contribution is 2.30. The van der Waals surface area contributed by atoms with E-state index in [2.05, 4.69) is 48.7 Å². The fourth-order valence-electron chi connectivity index (χ4n) is 4.74.